The van der Waals surface area contributed by atoms with Crippen LogP contribution in [-0.2, 0) is 18.6 Å². The summed E-state index contributed by atoms with van der Waals surface area (Å²) in [6, 6.07) is 3.27. The highest BCUT2D eigenvalue weighted by Gasteiger charge is 2.55. The molecule has 6 nitrogen and oxygen atoms in total. The molecule has 0 radical (unpaired) electrons. The number of urea groups is 1. The van der Waals surface area contributed by atoms with E-state index in [4.69, 9.17) is 0 Å². The van der Waals surface area contributed by atoms with Crippen molar-refractivity contribution in [3.05, 3.63) is 52.6 Å². The molecule has 2 aromatic rings. The van der Waals surface area contributed by atoms with Gasteiger partial charge in [0.15, 0.2) is 5.54 Å². The van der Waals surface area contributed by atoms with Crippen LogP contribution in [0.2, 0.25) is 0 Å². The largest absolute Gasteiger partial charge is 0.347 e. The lowest BCUT2D eigenvalue weighted by atomic mass is 9.81. The standard InChI is InChI=1S/C22H19F3N4O2/c1-21(24,25)22(6-4-12-2-3-12)15-9-16(23)14(8-17(15)27-20(31)28-22)11-29-7-5-13-10-26-19(30)18(13)29/h5,7-9,12H,2-3,10-11H2,1H3,(H,26,30)(H2,27,28,31)/t22-/m0/s1. The number of nitrogens with zero attached hydrogens (tertiary/aromatic N) is 1. The Balaban J connectivity index is 1.60. The van der Waals surface area contributed by atoms with Gasteiger partial charge in [0.05, 0.1) is 6.54 Å². The summed E-state index contributed by atoms with van der Waals surface area (Å²) in [5.74, 6) is 0.928. The molecule has 1 aromatic carbocycles. The number of anilines is 1. The molecule has 3 amide bonds. The predicted molar refractivity (Wildman–Crippen MR) is 106 cm³/mol. The number of carbonyl (C=O) groups is 2. The summed E-state index contributed by atoms with van der Waals surface area (Å²) in [6.45, 7) is 1.08. The summed E-state index contributed by atoms with van der Waals surface area (Å²) in [5.41, 5.74) is -0.984. The maximum atomic E-state index is 15.1. The third kappa shape index (κ3) is 3.14. The smallest absolute Gasteiger partial charge is 0.320 e. The zero-order valence-electron chi connectivity index (χ0n) is 16.6. The fraction of sp³-hybridized carbons (Fsp3) is 0.364. The normalized spacial score (nSPS) is 21.9. The van der Waals surface area contributed by atoms with Crippen LogP contribution in [0, 0.1) is 23.6 Å². The summed E-state index contributed by atoms with van der Waals surface area (Å²) >= 11 is 0. The van der Waals surface area contributed by atoms with Crippen LogP contribution in [0.5, 0.6) is 0 Å². The Morgan fingerprint density at radius 2 is 2.06 bits per heavy atom. The Labute approximate surface area is 176 Å². The Bertz CT molecular complexity index is 1180. The van der Waals surface area contributed by atoms with Gasteiger partial charge >= 0.3 is 6.03 Å². The van der Waals surface area contributed by atoms with E-state index in [0.29, 0.717) is 19.2 Å². The van der Waals surface area contributed by atoms with Crippen LogP contribution in [0.3, 0.4) is 0 Å². The summed E-state index contributed by atoms with van der Waals surface area (Å²) in [4.78, 5) is 24.3. The third-order valence-electron chi connectivity index (χ3n) is 5.88. The van der Waals surface area contributed by atoms with Gasteiger partial charge in [-0.05, 0) is 31.0 Å². The second kappa shape index (κ2) is 6.54. The zero-order chi connectivity index (χ0) is 22.0. The van der Waals surface area contributed by atoms with E-state index in [0.717, 1.165) is 24.5 Å². The molecule has 0 unspecified atom stereocenters. The number of halogens is 3. The van der Waals surface area contributed by atoms with Crippen molar-refractivity contribution in [2.24, 2.45) is 5.92 Å². The number of aromatic nitrogens is 1. The van der Waals surface area contributed by atoms with E-state index in [-0.39, 0.29) is 35.2 Å². The van der Waals surface area contributed by atoms with Gasteiger partial charge in [-0.15, -0.1) is 0 Å². The van der Waals surface area contributed by atoms with Gasteiger partial charge < -0.3 is 20.5 Å². The summed E-state index contributed by atoms with van der Waals surface area (Å²) in [5, 5.41) is 7.43. The number of hydrogen-bond acceptors (Lipinski definition) is 2. The molecule has 5 rings (SSSR count). The van der Waals surface area contributed by atoms with E-state index in [1.165, 1.54) is 6.07 Å². The summed E-state index contributed by atoms with van der Waals surface area (Å²) in [7, 11) is 0. The minimum Gasteiger partial charge on any atom is -0.347 e. The first-order chi connectivity index (χ1) is 14.7. The van der Waals surface area contributed by atoms with Gasteiger partial charge in [0, 0.05) is 48.0 Å². The monoisotopic (exact) mass is 428 g/mol. The van der Waals surface area contributed by atoms with Crippen molar-refractivity contribution in [1.82, 2.24) is 15.2 Å². The number of carbonyl (C=O) groups excluding carboxylic acids is 2. The minimum absolute atomic E-state index is 0.00837. The van der Waals surface area contributed by atoms with Crippen LogP contribution in [0.4, 0.5) is 23.7 Å². The van der Waals surface area contributed by atoms with Crippen molar-refractivity contribution in [1.29, 1.82) is 0 Å². The van der Waals surface area contributed by atoms with Crippen LogP contribution in [-0.4, -0.2) is 22.4 Å². The molecular weight excluding hydrogens is 409 g/mol. The van der Waals surface area contributed by atoms with E-state index in [1.807, 2.05) is 0 Å². The molecule has 1 atom stereocenters. The molecule has 31 heavy (non-hydrogen) atoms. The van der Waals surface area contributed by atoms with Crippen LogP contribution >= 0.6 is 0 Å². The average molecular weight is 428 g/mol. The van der Waals surface area contributed by atoms with Crippen molar-refractivity contribution in [3.63, 3.8) is 0 Å². The van der Waals surface area contributed by atoms with Gasteiger partial charge in [-0.1, -0.05) is 11.8 Å². The van der Waals surface area contributed by atoms with Gasteiger partial charge in [0.25, 0.3) is 11.8 Å². The van der Waals surface area contributed by atoms with Crippen molar-refractivity contribution in [2.75, 3.05) is 5.32 Å². The molecule has 3 N–H and O–H groups in total. The van der Waals surface area contributed by atoms with Crippen molar-refractivity contribution >= 4 is 17.6 Å². The highest BCUT2D eigenvalue weighted by atomic mass is 19.3. The lowest BCUT2D eigenvalue weighted by Crippen LogP contribution is -2.59. The zero-order valence-corrected chi connectivity index (χ0v) is 16.6. The molecule has 2 aliphatic heterocycles. The number of rotatable bonds is 3. The van der Waals surface area contributed by atoms with Crippen LogP contribution in [0.25, 0.3) is 0 Å². The van der Waals surface area contributed by atoms with Crippen molar-refractivity contribution in [3.8, 4) is 11.8 Å². The maximum Gasteiger partial charge on any atom is 0.320 e. The molecule has 0 saturated heterocycles. The van der Waals surface area contributed by atoms with E-state index in [2.05, 4.69) is 27.8 Å². The van der Waals surface area contributed by atoms with E-state index in [9.17, 15) is 18.4 Å². The van der Waals surface area contributed by atoms with E-state index in [1.54, 1.807) is 16.8 Å². The van der Waals surface area contributed by atoms with Gasteiger partial charge in [-0.25, -0.2) is 18.0 Å². The highest BCUT2D eigenvalue weighted by Crippen LogP contribution is 2.44. The topological polar surface area (TPSA) is 75.2 Å². The molecule has 3 heterocycles. The Morgan fingerprint density at radius 3 is 2.77 bits per heavy atom. The summed E-state index contributed by atoms with van der Waals surface area (Å²) < 4.78 is 46.3. The lowest BCUT2D eigenvalue weighted by molar-refractivity contribution is -0.0465. The van der Waals surface area contributed by atoms with Gasteiger partial charge in [-0.3, -0.25) is 4.79 Å². The number of amides is 3. The lowest BCUT2D eigenvalue weighted by Gasteiger charge is -2.40. The number of alkyl halides is 2. The Hall–Kier alpha value is -3.41. The molecule has 160 valence electrons. The average Bonchev–Trinajstić information content (AvgIpc) is 3.33. The first-order valence-electron chi connectivity index (χ1n) is 9.97. The molecule has 1 saturated carbocycles. The number of benzene rings is 1. The number of nitrogens with one attached hydrogen (secondary N) is 3. The fourth-order valence-corrected chi connectivity index (χ4v) is 4.05. The third-order valence-corrected chi connectivity index (χ3v) is 5.88. The first kappa shape index (κ1) is 19.5. The molecule has 1 fully saturated rings. The van der Waals surface area contributed by atoms with Crippen LogP contribution in [0.15, 0.2) is 24.4 Å². The number of fused-ring (bicyclic) bond motifs is 2. The molecular formula is C22H19F3N4O2. The molecule has 9 heteroatoms. The summed E-state index contributed by atoms with van der Waals surface area (Å²) in [6.07, 6.45) is 3.31. The number of hydrogen-bond donors (Lipinski definition) is 3. The van der Waals surface area contributed by atoms with Crippen molar-refractivity contribution < 1.29 is 22.8 Å². The maximum absolute atomic E-state index is 15.1. The quantitative estimate of drug-likeness (QED) is 0.657. The van der Waals surface area contributed by atoms with Gasteiger partial charge in [0.1, 0.15) is 11.5 Å². The second-order valence-corrected chi connectivity index (χ2v) is 8.25. The second-order valence-electron chi connectivity index (χ2n) is 8.25. The Morgan fingerprint density at radius 1 is 1.29 bits per heavy atom. The predicted octanol–water partition coefficient (Wildman–Crippen LogP) is 3.32. The molecule has 0 spiro atoms. The first-order valence-corrected chi connectivity index (χ1v) is 9.97. The fourth-order valence-electron chi connectivity index (χ4n) is 4.05. The molecule has 1 aliphatic carbocycles. The van der Waals surface area contributed by atoms with Crippen LogP contribution < -0.4 is 16.0 Å². The van der Waals surface area contributed by atoms with E-state index >= 15 is 4.39 Å². The van der Waals surface area contributed by atoms with Crippen LogP contribution in [0.1, 0.15) is 46.9 Å². The minimum atomic E-state index is -3.46. The molecule has 0 bridgehead atoms. The molecule has 3 aliphatic rings. The van der Waals surface area contributed by atoms with Gasteiger partial charge in [0.2, 0.25) is 0 Å². The highest BCUT2D eigenvalue weighted by molar-refractivity contribution is 5.97. The SMILES string of the molecule is CC(F)(F)[C@@]1(C#CC2CC2)NC(=O)Nc2cc(Cn3ccc4c3C(=O)NC4)c(F)cc21. The van der Waals surface area contributed by atoms with Gasteiger partial charge in [-0.2, -0.15) is 0 Å². The van der Waals surface area contributed by atoms with Crippen molar-refractivity contribution in [2.45, 2.75) is 44.3 Å². The molecule has 1 aromatic heterocycles. The van der Waals surface area contributed by atoms with E-state index < -0.39 is 23.3 Å². The Kier molecular flexibility index (Phi) is 4.13.